The van der Waals surface area contributed by atoms with Crippen LogP contribution in [0.25, 0.3) is 17.3 Å². The molecule has 1 aromatic heterocycles. The third-order valence-corrected chi connectivity index (χ3v) is 5.17. The van der Waals surface area contributed by atoms with Crippen molar-refractivity contribution in [2.75, 3.05) is 5.32 Å². The normalized spacial score (nSPS) is 11.1. The topological polar surface area (TPSA) is 86.0 Å². The van der Waals surface area contributed by atoms with Gasteiger partial charge in [-0.3, -0.25) is 10.1 Å². The summed E-state index contributed by atoms with van der Waals surface area (Å²) in [5.41, 5.74) is 5.96. The Kier molecular flexibility index (Phi) is 5.57. The van der Waals surface area contributed by atoms with Gasteiger partial charge in [0.15, 0.2) is 5.13 Å². The lowest BCUT2D eigenvalue weighted by Crippen LogP contribution is -2.13. The van der Waals surface area contributed by atoms with Crippen LogP contribution in [0.5, 0.6) is 5.75 Å². The molecule has 0 aliphatic heterocycles. The van der Waals surface area contributed by atoms with Crippen molar-refractivity contribution in [3.63, 3.8) is 0 Å². The Morgan fingerprint density at radius 2 is 1.82 bits per heavy atom. The number of anilines is 1. The molecule has 2 N–H and O–H groups in total. The first-order valence-electron chi connectivity index (χ1n) is 8.63. The van der Waals surface area contributed by atoms with Crippen LogP contribution in [0.2, 0.25) is 0 Å². The molecule has 0 radical (unpaired) electrons. The van der Waals surface area contributed by atoms with E-state index in [0.717, 1.165) is 16.8 Å². The predicted molar refractivity (Wildman–Crippen MR) is 112 cm³/mol. The standard InChI is InChI=1S/C22H19N3O2S/c1-13-8-15(3)19(9-14(13)2)20-12-28-22(24-20)25-21(27)17(11-23)10-16-4-6-18(26)7-5-16/h4-10,12,26H,1-3H3,(H,24,25,27)/b17-10-. The summed E-state index contributed by atoms with van der Waals surface area (Å²) in [5.74, 6) is -0.398. The maximum Gasteiger partial charge on any atom is 0.268 e. The number of thiazole rings is 1. The number of hydrogen-bond acceptors (Lipinski definition) is 5. The smallest absolute Gasteiger partial charge is 0.268 e. The molecule has 140 valence electrons. The van der Waals surface area contributed by atoms with Gasteiger partial charge in [0.25, 0.3) is 5.91 Å². The van der Waals surface area contributed by atoms with Gasteiger partial charge in [-0.1, -0.05) is 18.2 Å². The lowest BCUT2D eigenvalue weighted by atomic mass is 9.99. The van der Waals surface area contributed by atoms with Crippen LogP contribution < -0.4 is 5.32 Å². The maximum atomic E-state index is 12.4. The van der Waals surface area contributed by atoms with Crippen LogP contribution >= 0.6 is 11.3 Å². The van der Waals surface area contributed by atoms with Crippen molar-refractivity contribution in [3.8, 4) is 23.1 Å². The van der Waals surface area contributed by atoms with Crippen LogP contribution in [-0.2, 0) is 4.79 Å². The molecular weight excluding hydrogens is 370 g/mol. The number of nitrogens with one attached hydrogen (secondary N) is 1. The van der Waals surface area contributed by atoms with Crippen molar-refractivity contribution >= 4 is 28.5 Å². The van der Waals surface area contributed by atoms with Crippen LogP contribution in [0, 0.1) is 32.1 Å². The largest absolute Gasteiger partial charge is 0.508 e. The molecule has 1 amide bonds. The molecule has 28 heavy (non-hydrogen) atoms. The number of nitrogens with zero attached hydrogens (tertiary/aromatic N) is 2. The van der Waals surface area contributed by atoms with E-state index in [1.54, 1.807) is 12.1 Å². The molecular formula is C22H19N3O2S. The summed E-state index contributed by atoms with van der Waals surface area (Å²) in [7, 11) is 0. The van der Waals surface area contributed by atoms with Gasteiger partial charge in [0.05, 0.1) is 5.69 Å². The minimum atomic E-state index is -0.520. The van der Waals surface area contributed by atoms with Crippen LogP contribution in [0.3, 0.4) is 0 Å². The molecule has 6 heteroatoms. The van der Waals surface area contributed by atoms with E-state index in [1.807, 2.05) is 18.4 Å². The van der Waals surface area contributed by atoms with Gasteiger partial charge in [0.2, 0.25) is 0 Å². The van der Waals surface area contributed by atoms with Gasteiger partial charge in [-0.05, 0) is 67.3 Å². The van der Waals surface area contributed by atoms with E-state index < -0.39 is 5.91 Å². The van der Waals surface area contributed by atoms with E-state index in [2.05, 4.69) is 36.3 Å². The fourth-order valence-corrected chi connectivity index (χ4v) is 3.45. The minimum Gasteiger partial charge on any atom is -0.508 e. The number of amides is 1. The Balaban J connectivity index is 1.81. The maximum absolute atomic E-state index is 12.4. The highest BCUT2D eigenvalue weighted by molar-refractivity contribution is 7.14. The van der Waals surface area contributed by atoms with Crippen molar-refractivity contribution in [1.82, 2.24) is 4.98 Å². The number of rotatable bonds is 4. The average molecular weight is 389 g/mol. The summed E-state index contributed by atoms with van der Waals surface area (Å²) in [4.78, 5) is 16.9. The summed E-state index contributed by atoms with van der Waals surface area (Å²) >= 11 is 1.31. The van der Waals surface area contributed by atoms with Gasteiger partial charge < -0.3 is 5.11 Å². The molecule has 0 bridgehead atoms. The monoisotopic (exact) mass is 389 g/mol. The number of carbonyl (C=O) groups excluding carboxylic acids is 1. The van der Waals surface area contributed by atoms with E-state index in [9.17, 15) is 15.2 Å². The van der Waals surface area contributed by atoms with Crippen LogP contribution in [0.15, 0.2) is 47.4 Å². The molecule has 5 nitrogen and oxygen atoms in total. The average Bonchev–Trinajstić information content (AvgIpc) is 3.12. The van der Waals surface area contributed by atoms with Gasteiger partial charge in [0.1, 0.15) is 17.4 Å². The number of aromatic nitrogens is 1. The van der Waals surface area contributed by atoms with Crippen molar-refractivity contribution in [3.05, 3.63) is 69.6 Å². The molecule has 1 heterocycles. The molecule has 2 aromatic carbocycles. The Bertz CT molecular complexity index is 1110. The molecule has 0 unspecified atom stereocenters. The van der Waals surface area contributed by atoms with E-state index in [0.29, 0.717) is 10.7 Å². The third kappa shape index (κ3) is 4.27. The van der Waals surface area contributed by atoms with Crippen molar-refractivity contribution in [2.24, 2.45) is 0 Å². The number of carbonyl (C=O) groups is 1. The first-order chi connectivity index (χ1) is 13.4. The summed E-state index contributed by atoms with van der Waals surface area (Å²) in [6, 6.07) is 12.4. The van der Waals surface area contributed by atoms with E-state index in [-0.39, 0.29) is 11.3 Å². The lowest BCUT2D eigenvalue weighted by Gasteiger charge is -2.07. The van der Waals surface area contributed by atoms with E-state index >= 15 is 0 Å². The van der Waals surface area contributed by atoms with Gasteiger partial charge >= 0.3 is 0 Å². The zero-order valence-electron chi connectivity index (χ0n) is 15.8. The number of phenols is 1. The first-order valence-corrected chi connectivity index (χ1v) is 9.51. The SMILES string of the molecule is Cc1cc(C)c(-c2csc(NC(=O)/C(C#N)=C\c3ccc(O)cc3)n2)cc1C. The minimum absolute atomic E-state index is 0.0372. The molecule has 0 saturated heterocycles. The first kappa shape index (κ1) is 19.3. The number of aromatic hydroxyl groups is 1. The third-order valence-electron chi connectivity index (χ3n) is 4.41. The number of nitriles is 1. The molecule has 0 fully saturated rings. The lowest BCUT2D eigenvalue weighted by molar-refractivity contribution is -0.112. The van der Waals surface area contributed by atoms with Gasteiger partial charge in [-0.15, -0.1) is 11.3 Å². The van der Waals surface area contributed by atoms with Gasteiger partial charge in [-0.2, -0.15) is 5.26 Å². The van der Waals surface area contributed by atoms with Gasteiger partial charge in [-0.25, -0.2) is 4.98 Å². The van der Waals surface area contributed by atoms with Crippen LogP contribution in [0.1, 0.15) is 22.3 Å². The van der Waals surface area contributed by atoms with Crippen molar-refractivity contribution in [2.45, 2.75) is 20.8 Å². The Labute approximate surface area is 167 Å². The Morgan fingerprint density at radius 3 is 2.50 bits per heavy atom. The van der Waals surface area contributed by atoms with Crippen LogP contribution in [0.4, 0.5) is 5.13 Å². The summed E-state index contributed by atoms with van der Waals surface area (Å²) in [6.07, 6.45) is 1.47. The van der Waals surface area contributed by atoms with Crippen molar-refractivity contribution in [1.29, 1.82) is 5.26 Å². The quantitative estimate of drug-likeness (QED) is 0.486. The predicted octanol–water partition coefficient (Wildman–Crippen LogP) is 4.99. The molecule has 0 spiro atoms. The fourth-order valence-electron chi connectivity index (χ4n) is 2.74. The molecule has 3 aromatic rings. The Morgan fingerprint density at radius 1 is 1.14 bits per heavy atom. The highest BCUT2D eigenvalue weighted by Crippen LogP contribution is 2.29. The second-order valence-corrected chi connectivity index (χ2v) is 7.36. The highest BCUT2D eigenvalue weighted by Gasteiger charge is 2.14. The zero-order valence-corrected chi connectivity index (χ0v) is 16.6. The number of phenolic OH excluding ortho intramolecular Hbond substituents is 1. The highest BCUT2D eigenvalue weighted by atomic mass is 32.1. The van der Waals surface area contributed by atoms with Crippen LogP contribution in [-0.4, -0.2) is 16.0 Å². The molecule has 0 saturated carbocycles. The summed E-state index contributed by atoms with van der Waals surface area (Å²) in [5, 5.41) is 23.7. The number of aryl methyl sites for hydroxylation is 3. The molecule has 0 aliphatic carbocycles. The molecule has 3 rings (SSSR count). The zero-order chi connectivity index (χ0) is 20.3. The number of hydrogen-bond donors (Lipinski definition) is 2. The molecule has 0 atom stereocenters. The Hall–Kier alpha value is -3.43. The fraction of sp³-hybridized carbons (Fsp3) is 0.136. The summed E-state index contributed by atoms with van der Waals surface area (Å²) < 4.78 is 0. The van der Waals surface area contributed by atoms with Gasteiger partial charge in [0, 0.05) is 10.9 Å². The second-order valence-electron chi connectivity index (χ2n) is 6.50. The second kappa shape index (κ2) is 8.07. The number of benzene rings is 2. The summed E-state index contributed by atoms with van der Waals surface area (Å²) in [6.45, 7) is 6.16. The van der Waals surface area contributed by atoms with E-state index in [1.165, 1.54) is 40.7 Å². The molecule has 0 aliphatic rings. The van der Waals surface area contributed by atoms with Crippen molar-refractivity contribution < 1.29 is 9.90 Å². The van der Waals surface area contributed by atoms with E-state index in [4.69, 9.17) is 0 Å².